The molecule has 35 heavy (non-hydrogen) atoms. The van der Waals surface area contributed by atoms with E-state index in [0.29, 0.717) is 22.0 Å². The first kappa shape index (κ1) is 23.1. The lowest BCUT2D eigenvalue weighted by atomic mass is 10.1. The summed E-state index contributed by atoms with van der Waals surface area (Å²) >= 11 is 0. The van der Waals surface area contributed by atoms with Gasteiger partial charge in [0, 0.05) is 17.7 Å². The van der Waals surface area contributed by atoms with Crippen molar-refractivity contribution in [2.45, 2.75) is 42.4 Å². The Kier molecular flexibility index (Phi) is 6.31. The number of hydrogen-bond donors (Lipinski definition) is 2. The van der Waals surface area contributed by atoms with Gasteiger partial charge in [-0.15, -0.1) is 10.2 Å². The molecule has 0 aliphatic heterocycles. The van der Waals surface area contributed by atoms with E-state index >= 15 is 0 Å². The van der Waals surface area contributed by atoms with Gasteiger partial charge in [-0.2, -0.15) is 0 Å². The van der Waals surface area contributed by atoms with Gasteiger partial charge in [0.05, 0.1) is 22.0 Å². The summed E-state index contributed by atoms with van der Waals surface area (Å²) in [5, 5.41) is 11.1. The third kappa shape index (κ3) is 4.67. The molecule has 5 rings (SSSR count). The monoisotopic (exact) mass is 490 g/mol. The van der Waals surface area contributed by atoms with Crippen molar-refractivity contribution in [3.8, 4) is 34.3 Å². The van der Waals surface area contributed by atoms with Crippen LogP contribution in [0.15, 0.2) is 64.0 Å². The molecule has 3 N–H and O–H groups in total. The summed E-state index contributed by atoms with van der Waals surface area (Å²) in [6, 6.07) is 14.5. The molecular formula is C25H26N6O3S. The Morgan fingerprint density at radius 1 is 0.971 bits per heavy atom. The van der Waals surface area contributed by atoms with Crippen LogP contribution in [0.25, 0.3) is 34.3 Å². The molecule has 0 radical (unpaired) electrons. The molecule has 4 aromatic rings. The van der Waals surface area contributed by atoms with Gasteiger partial charge in [0.1, 0.15) is 0 Å². The summed E-state index contributed by atoms with van der Waals surface area (Å²) in [5.74, 6) is 0.671. The van der Waals surface area contributed by atoms with E-state index in [1.54, 1.807) is 24.3 Å². The molecule has 9 nitrogen and oxygen atoms in total. The van der Waals surface area contributed by atoms with Gasteiger partial charge in [0.2, 0.25) is 5.89 Å². The van der Waals surface area contributed by atoms with Crippen molar-refractivity contribution in [3.63, 3.8) is 0 Å². The van der Waals surface area contributed by atoms with Crippen LogP contribution in [0.4, 0.5) is 5.82 Å². The van der Waals surface area contributed by atoms with Crippen LogP contribution in [0.5, 0.6) is 0 Å². The summed E-state index contributed by atoms with van der Waals surface area (Å²) in [6.45, 7) is 0.766. The number of benzene rings is 2. The van der Waals surface area contributed by atoms with Crippen LogP contribution in [0, 0.1) is 0 Å². The van der Waals surface area contributed by atoms with Gasteiger partial charge >= 0.3 is 0 Å². The molecule has 1 fully saturated rings. The molecule has 1 saturated carbocycles. The zero-order valence-corrected chi connectivity index (χ0v) is 20.1. The Hall–Kier alpha value is -3.63. The van der Waals surface area contributed by atoms with Gasteiger partial charge in [-0.3, -0.25) is 0 Å². The first-order chi connectivity index (χ1) is 17.0. The highest BCUT2D eigenvalue weighted by molar-refractivity contribution is 7.92. The summed E-state index contributed by atoms with van der Waals surface area (Å²) in [5.41, 5.74) is 9.50. The fraction of sp³-hybridized carbons (Fsp3) is 0.280. The Morgan fingerprint density at radius 2 is 1.63 bits per heavy atom. The molecule has 1 aliphatic carbocycles. The van der Waals surface area contributed by atoms with Gasteiger partial charge < -0.3 is 15.5 Å². The molecule has 0 bridgehead atoms. The number of hydrogen-bond acceptors (Lipinski definition) is 9. The molecule has 0 spiro atoms. The third-order valence-corrected chi connectivity index (χ3v) is 8.51. The quantitative estimate of drug-likeness (QED) is 0.395. The minimum Gasteiger partial charge on any atom is -0.414 e. The van der Waals surface area contributed by atoms with E-state index in [2.05, 4.69) is 25.5 Å². The number of nitrogens with zero attached hydrogens (tertiary/aromatic N) is 4. The normalized spacial score (nSPS) is 14.4. The minimum absolute atomic E-state index is 0.159. The Balaban J connectivity index is 1.41. The van der Waals surface area contributed by atoms with Crippen LogP contribution in [0.3, 0.4) is 0 Å². The molecule has 10 heteroatoms. The van der Waals surface area contributed by atoms with Crippen LogP contribution in [-0.2, 0) is 16.4 Å². The van der Waals surface area contributed by atoms with E-state index in [9.17, 15) is 8.42 Å². The maximum Gasteiger partial charge on any atom is 0.270 e. The smallest absolute Gasteiger partial charge is 0.270 e. The van der Waals surface area contributed by atoms with Crippen LogP contribution in [0.2, 0.25) is 0 Å². The Labute approximate surface area is 203 Å². The summed E-state index contributed by atoms with van der Waals surface area (Å²) in [6.07, 6.45) is 4.92. The second-order valence-corrected chi connectivity index (χ2v) is 10.8. The molecule has 0 saturated heterocycles. The van der Waals surface area contributed by atoms with E-state index in [-0.39, 0.29) is 22.7 Å². The van der Waals surface area contributed by atoms with Crippen molar-refractivity contribution in [1.29, 1.82) is 0 Å². The number of nitrogen functional groups attached to an aromatic ring is 1. The van der Waals surface area contributed by atoms with Gasteiger partial charge in [-0.05, 0) is 49.7 Å². The number of rotatable bonds is 7. The van der Waals surface area contributed by atoms with Gasteiger partial charge in [-0.1, -0.05) is 37.1 Å². The molecule has 2 heterocycles. The average Bonchev–Trinajstić information content (AvgIpc) is 3.59. The number of sulfone groups is 1. The average molecular weight is 491 g/mol. The van der Waals surface area contributed by atoms with E-state index in [0.717, 1.165) is 43.4 Å². The third-order valence-electron chi connectivity index (χ3n) is 6.23. The standard InChI is InChI=1S/C25H26N6O3S/c1-27-14-16-6-8-18(9-7-16)24-30-31-25(34-24)22-23(26)28-15-21(29-22)17-10-12-20(13-11-17)35(32,33)19-4-2-3-5-19/h6-13,15,19,27H,2-5,14H2,1H3,(H2,26,28). The van der Waals surface area contributed by atoms with E-state index in [4.69, 9.17) is 10.2 Å². The van der Waals surface area contributed by atoms with Crippen molar-refractivity contribution in [2.24, 2.45) is 0 Å². The predicted octanol–water partition coefficient (Wildman–Crippen LogP) is 3.88. The number of aromatic nitrogens is 4. The number of nitrogens with one attached hydrogen (secondary N) is 1. The first-order valence-corrected chi connectivity index (χ1v) is 13.0. The lowest BCUT2D eigenvalue weighted by Gasteiger charge is -2.11. The molecule has 2 aromatic carbocycles. The van der Waals surface area contributed by atoms with Crippen molar-refractivity contribution in [1.82, 2.24) is 25.5 Å². The highest BCUT2D eigenvalue weighted by atomic mass is 32.2. The van der Waals surface area contributed by atoms with Gasteiger partial charge in [-0.25, -0.2) is 18.4 Å². The highest BCUT2D eigenvalue weighted by Crippen LogP contribution is 2.32. The topological polar surface area (TPSA) is 137 Å². The Morgan fingerprint density at radius 3 is 2.31 bits per heavy atom. The molecule has 1 aliphatic rings. The molecule has 2 aromatic heterocycles. The highest BCUT2D eigenvalue weighted by Gasteiger charge is 2.30. The summed E-state index contributed by atoms with van der Waals surface area (Å²) < 4.78 is 31.6. The zero-order chi connectivity index (χ0) is 24.4. The van der Waals surface area contributed by atoms with Crippen molar-refractivity contribution in [2.75, 3.05) is 12.8 Å². The number of anilines is 1. The zero-order valence-electron chi connectivity index (χ0n) is 19.3. The largest absolute Gasteiger partial charge is 0.414 e. The summed E-state index contributed by atoms with van der Waals surface area (Å²) in [4.78, 5) is 9.16. The maximum absolute atomic E-state index is 12.9. The molecule has 180 valence electrons. The van der Waals surface area contributed by atoms with Gasteiger partial charge in [0.25, 0.3) is 5.89 Å². The first-order valence-electron chi connectivity index (χ1n) is 11.5. The molecule has 0 atom stereocenters. The van der Waals surface area contributed by atoms with Crippen molar-refractivity contribution in [3.05, 3.63) is 60.3 Å². The molecular weight excluding hydrogens is 464 g/mol. The fourth-order valence-corrected chi connectivity index (χ4v) is 6.16. The Bertz CT molecular complexity index is 1430. The molecule has 0 unspecified atom stereocenters. The molecule has 0 amide bonds. The summed E-state index contributed by atoms with van der Waals surface area (Å²) in [7, 11) is -1.42. The fourth-order valence-electron chi connectivity index (χ4n) is 4.31. The minimum atomic E-state index is -3.32. The van der Waals surface area contributed by atoms with Crippen LogP contribution < -0.4 is 11.1 Å². The van der Waals surface area contributed by atoms with Crippen molar-refractivity contribution < 1.29 is 12.8 Å². The van der Waals surface area contributed by atoms with E-state index in [1.807, 2.05) is 31.3 Å². The van der Waals surface area contributed by atoms with E-state index < -0.39 is 9.84 Å². The maximum atomic E-state index is 12.9. The number of nitrogens with two attached hydrogens (primary N) is 1. The second-order valence-electron chi connectivity index (χ2n) is 8.60. The lowest BCUT2D eigenvalue weighted by Crippen LogP contribution is -2.17. The second kappa shape index (κ2) is 9.55. The van der Waals surface area contributed by atoms with Gasteiger partial charge in [0.15, 0.2) is 21.3 Å². The van der Waals surface area contributed by atoms with Crippen LogP contribution >= 0.6 is 0 Å². The van der Waals surface area contributed by atoms with Crippen LogP contribution in [0.1, 0.15) is 31.2 Å². The van der Waals surface area contributed by atoms with Crippen LogP contribution in [-0.4, -0.2) is 40.9 Å². The SMILES string of the molecule is CNCc1ccc(-c2nnc(-c3nc(-c4ccc(S(=O)(=O)C5CCCC5)cc4)cnc3N)o2)cc1. The van der Waals surface area contributed by atoms with E-state index in [1.165, 1.54) is 6.20 Å². The predicted molar refractivity (Wildman–Crippen MR) is 133 cm³/mol. The lowest BCUT2D eigenvalue weighted by molar-refractivity contribution is 0.579. The van der Waals surface area contributed by atoms with Crippen molar-refractivity contribution >= 4 is 15.7 Å².